The molecule has 0 radical (unpaired) electrons. The second kappa shape index (κ2) is 5.02. The number of nitrogens with one attached hydrogen (secondary N) is 1. The van der Waals surface area contributed by atoms with Crippen molar-refractivity contribution in [3.63, 3.8) is 0 Å². The molecule has 1 atom stereocenters. The third-order valence-corrected chi connectivity index (χ3v) is 4.25. The molecule has 1 aliphatic heterocycles. The lowest BCUT2D eigenvalue weighted by molar-refractivity contribution is 0.205. The van der Waals surface area contributed by atoms with Crippen LogP contribution in [0.15, 0.2) is 24.3 Å². The SMILES string of the molecule is COc1ccc(NC2(CO)CCN(C3CC3)C2)cc1. The van der Waals surface area contributed by atoms with E-state index < -0.39 is 0 Å². The van der Waals surface area contributed by atoms with Crippen LogP contribution in [0.4, 0.5) is 5.69 Å². The molecule has 1 aliphatic carbocycles. The summed E-state index contributed by atoms with van der Waals surface area (Å²) in [6, 6.07) is 8.68. The van der Waals surface area contributed by atoms with E-state index in [9.17, 15) is 5.11 Å². The van der Waals surface area contributed by atoms with E-state index >= 15 is 0 Å². The fourth-order valence-electron chi connectivity index (χ4n) is 2.91. The summed E-state index contributed by atoms with van der Waals surface area (Å²) in [6.07, 6.45) is 3.65. The molecule has 1 saturated carbocycles. The average molecular weight is 262 g/mol. The highest BCUT2D eigenvalue weighted by molar-refractivity contribution is 5.49. The largest absolute Gasteiger partial charge is 0.497 e. The zero-order valence-electron chi connectivity index (χ0n) is 11.4. The highest BCUT2D eigenvalue weighted by Crippen LogP contribution is 2.35. The Bertz CT molecular complexity index is 430. The van der Waals surface area contributed by atoms with E-state index in [-0.39, 0.29) is 12.1 Å². The van der Waals surface area contributed by atoms with Crippen LogP contribution in [0.2, 0.25) is 0 Å². The number of likely N-dealkylation sites (tertiary alicyclic amines) is 1. The Labute approximate surface area is 114 Å². The van der Waals surface area contributed by atoms with E-state index in [4.69, 9.17) is 4.74 Å². The summed E-state index contributed by atoms with van der Waals surface area (Å²) in [5, 5.41) is 13.3. The minimum Gasteiger partial charge on any atom is -0.497 e. The highest BCUT2D eigenvalue weighted by atomic mass is 16.5. The Kier molecular flexibility index (Phi) is 3.37. The summed E-state index contributed by atoms with van der Waals surface area (Å²) in [4.78, 5) is 2.51. The van der Waals surface area contributed by atoms with Crippen molar-refractivity contribution in [2.45, 2.75) is 30.8 Å². The van der Waals surface area contributed by atoms with E-state index in [1.807, 2.05) is 24.3 Å². The Balaban J connectivity index is 1.68. The Hall–Kier alpha value is -1.26. The van der Waals surface area contributed by atoms with Crippen molar-refractivity contribution in [3.05, 3.63) is 24.3 Å². The predicted octanol–water partition coefficient (Wildman–Crippen LogP) is 1.71. The Morgan fingerprint density at radius 3 is 2.68 bits per heavy atom. The number of hydrogen-bond acceptors (Lipinski definition) is 4. The van der Waals surface area contributed by atoms with Crippen molar-refractivity contribution in [1.29, 1.82) is 0 Å². The topological polar surface area (TPSA) is 44.7 Å². The van der Waals surface area contributed by atoms with Gasteiger partial charge in [-0.05, 0) is 43.5 Å². The van der Waals surface area contributed by atoms with Gasteiger partial charge < -0.3 is 15.2 Å². The van der Waals surface area contributed by atoms with Crippen LogP contribution in [0.1, 0.15) is 19.3 Å². The van der Waals surface area contributed by atoms with Crippen LogP contribution in [0.5, 0.6) is 5.75 Å². The van der Waals surface area contributed by atoms with Gasteiger partial charge >= 0.3 is 0 Å². The summed E-state index contributed by atoms with van der Waals surface area (Å²) < 4.78 is 5.16. The molecule has 2 aliphatic rings. The number of ether oxygens (including phenoxy) is 1. The van der Waals surface area contributed by atoms with Crippen LogP contribution in [0.3, 0.4) is 0 Å². The number of rotatable bonds is 5. The maximum atomic E-state index is 9.78. The maximum Gasteiger partial charge on any atom is 0.119 e. The summed E-state index contributed by atoms with van der Waals surface area (Å²) in [5.41, 5.74) is 0.865. The van der Waals surface area contributed by atoms with Gasteiger partial charge in [0, 0.05) is 24.8 Å². The van der Waals surface area contributed by atoms with E-state index in [0.29, 0.717) is 0 Å². The fraction of sp³-hybridized carbons (Fsp3) is 0.600. The van der Waals surface area contributed by atoms with Gasteiger partial charge in [-0.1, -0.05) is 0 Å². The van der Waals surface area contributed by atoms with Crippen molar-refractivity contribution < 1.29 is 9.84 Å². The normalized spacial score (nSPS) is 27.5. The van der Waals surface area contributed by atoms with Crippen molar-refractivity contribution >= 4 is 5.69 Å². The van der Waals surface area contributed by atoms with Gasteiger partial charge in [0.2, 0.25) is 0 Å². The van der Waals surface area contributed by atoms with Gasteiger partial charge in [0.1, 0.15) is 5.75 Å². The smallest absolute Gasteiger partial charge is 0.119 e. The van der Waals surface area contributed by atoms with Crippen molar-refractivity contribution in [3.8, 4) is 5.75 Å². The van der Waals surface area contributed by atoms with Crippen molar-refractivity contribution in [1.82, 2.24) is 4.90 Å². The molecule has 19 heavy (non-hydrogen) atoms. The van der Waals surface area contributed by atoms with Gasteiger partial charge in [0.05, 0.1) is 19.3 Å². The standard InChI is InChI=1S/C15H22N2O2/c1-19-14-6-2-12(3-7-14)16-15(11-18)8-9-17(10-15)13-4-5-13/h2-3,6-7,13,16,18H,4-5,8-11H2,1H3. The first-order chi connectivity index (χ1) is 9.24. The molecule has 0 spiro atoms. The number of hydrogen-bond donors (Lipinski definition) is 2. The van der Waals surface area contributed by atoms with Gasteiger partial charge in [-0.15, -0.1) is 0 Å². The molecule has 1 aromatic carbocycles. The van der Waals surface area contributed by atoms with Crippen LogP contribution in [0, 0.1) is 0 Å². The van der Waals surface area contributed by atoms with Crippen LogP contribution in [-0.2, 0) is 0 Å². The molecule has 1 saturated heterocycles. The molecule has 1 heterocycles. The molecule has 104 valence electrons. The Morgan fingerprint density at radius 2 is 2.11 bits per heavy atom. The molecule has 0 bridgehead atoms. The third-order valence-electron chi connectivity index (χ3n) is 4.25. The average Bonchev–Trinajstić information content (AvgIpc) is 3.22. The first-order valence-electron chi connectivity index (χ1n) is 7.02. The molecule has 0 aromatic heterocycles. The van der Waals surface area contributed by atoms with Crippen LogP contribution >= 0.6 is 0 Å². The van der Waals surface area contributed by atoms with Gasteiger partial charge in [0.15, 0.2) is 0 Å². The predicted molar refractivity (Wildman–Crippen MR) is 75.6 cm³/mol. The minimum atomic E-state index is -0.183. The zero-order valence-corrected chi connectivity index (χ0v) is 11.4. The second-order valence-corrected chi connectivity index (χ2v) is 5.74. The molecular formula is C15H22N2O2. The lowest BCUT2D eigenvalue weighted by atomic mass is 9.99. The van der Waals surface area contributed by atoms with E-state index in [1.54, 1.807) is 7.11 Å². The molecule has 2 fully saturated rings. The van der Waals surface area contributed by atoms with E-state index in [0.717, 1.165) is 37.0 Å². The van der Waals surface area contributed by atoms with Gasteiger partial charge in [-0.2, -0.15) is 0 Å². The zero-order chi connectivity index (χ0) is 13.3. The molecule has 0 amide bonds. The Morgan fingerprint density at radius 1 is 1.37 bits per heavy atom. The van der Waals surface area contributed by atoms with Crippen LogP contribution in [0.25, 0.3) is 0 Å². The number of benzene rings is 1. The molecule has 3 rings (SSSR count). The highest BCUT2D eigenvalue weighted by Gasteiger charge is 2.42. The molecular weight excluding hydrogens is 240 g/mol. The second-order valence-electron chi connectivity index (χ2n) is 5.74. The van der Waals surface area contributed by atoms with Crippen LogP contribution < -0.4 is 10.1 Å². The number of aliphatic hydroxyl groups is 1. The van der Waals surface area contributed by atoms with Crippen molar-refractivity contribution in [2.75, 3.05) is 32.1 Å². The number of anilines is 1. The van der Waals surface area contributed by atoms with Gasteiger partial charge in [0.25, 0.3) is 0 Å². The summed E-state index contributed by atoms with van der Waals surface area (Å²) in [5.74, 6) is 0.856. The van der Waals surface area contributed by atoms with Gasteiger partial charge in [-0.3, -0.25) is 4.90 Å². The van der Waals surface area contributed by atoms with Crippen LogP contribution in [-0.4, -0.2) is 48.4 Å². The molecule has 1 unspecified atom stereocenters. The maximum absolute atomic E-state index is 9.78. The number of methoxy groups -OCH3 is 1. The fourth-order valence-corrected chi connectivity index (χ4v) is 2.91. The first-order valence-corrected chi connectivity index (χ1v) is 7.02. The lowest BCUT2D eigenvalue weighted by Crippen LogP contribution is -2.45. The number of nitrogens with zero attached hydrogens (tertiary/aromatic N) is 1. The third kappa shape index (κ3) is 2.69. The van der Waals surface area contributed by atoms with Crippen molar-refractivity contribution in [2.24, 2.45) is 0 Å². The molecule has 2 N–H and O–H groups in total. The minimum absolute atomic E-state index is 0.183. The molecule has 4 nitrogen and oxygen atoms in total. The van der Waals surface area contributed by atoms with E-state index in [2.05, 4.69) is 10.2 Å². The first kappa shape index (κ1) is 12.8. The lowest BCUT2D eigenvalue weighted by Gasteiger charge is -2.30. The summed E-state index contributed by atoms with van der Waals surface area (Å²) >= 11 is 0. The monoisotopic (exact) mass is 262 g/mol. The summed E-state index contributed by atoms with van der Waals surface area (Å²) in [7, 11) is 1.67. The molecule has 1 aromatic rings. The summed E-state index contributed by atoms with van der Waals surface area (Å²) in [6.45, 7) is 2.22. The number of aliphatic hydroxyl groups excluding tert-OH is 1. The molecule has 4 heteroatoms. The quantitative estimate of drug-likeness (QED) is 0.848. The van der Waals surface area contributed by atoms with Gasteiger partial charge in [-0.25, -0.2) is 0 Å². The van der Waals surface area contributed by atoms with E-state index in [1.165, 1.54) is 12.8 Å².